The number of benzene rings is 1. The predicted molar refractivity (Wildman–Crippen MR) is 108 cm³/mol. The van der Waals surface area contributed by atoms with Crippen molar-refractivity contribution in [2.24, 2.45) is 5.92 Å². The average molecular weight is 430 g/mol. The maximum atomic E-state index is 12.7. The van der Waals surface area contributed by atoms with Gasteiger partial charge in [-0.1, -0.05) is 12.1 Å². The van der Waals surface area contributed by atoms with Crippen LogP contribution in [0.3, 0.4) is 0 Å². The molecule has 0 aromatic heterocycles. The van der Waals surface area contributed by atoms with Gasteiger partial charge in [0.2, 0.25) is 0 Å². The van der Waals surface area contributed by atoms with Gasteiger partial charge in [0.25, 0.3) is 17.7 Å². The number of esters is 2. The van der Waals surface area contributed by atoms with Crippen LogP contribution >= 0.6 is 0 Å². The second kappa shape index (κ2) is 9.28. The second-order valence-electron chi connectivity index (χ2n) is 7.63. The van der Waals surface area contributed by atoms with Crippen LogP contribution in [0.2, 0.25) is 0 Å². The summed E-state index contributed by atoms with van der Waals surface area (Å²) in [6.45, 7) is 5.63. The third-order valence-corrected chi connectivity index (χ3v) is 5.62. The van der Waals surface area contributed by atoms with Gasteiger partial charge in [0.15, 0.2) is 6.10 Å². The zero-order valence-corrected chi connectivity index (χ0v) is 17.8. The number of likely N-dealkylation sites (tertiary alicyclic amines) is 1. The molecule has 1 saturated heterocycles. The first-order valence-electron chi connectivity index (χ1n) is 10.4. The molecule has 0 spiro atoms. The van der Waals surface area contributed by atoms with Gasteiger partial charge < -0.3 is 14.4 Å². The third kappa shape index (κ3) is 4.45. The number of amides is 3. The molecule has 2 aliphatic heterocycles. The molecule has 2 heterocycles. The molecule has 0 N–H and O–H groups in total. The molecule has 0 aliphatic carbocycles. The van der Waals surface area contributed by atoms with Crippen LogP contribution < -0.4 is 0 Å². The zero-order valence-electron chi connectivity index (χ0n) is 17.8. The fraction of sp³-hybridized carbons (Fsp3) is 0.500. The molecule has 9 heteroatoms. The highest BCUT2D eigenvalue weighted by Gasteiger charge is 2.42. The summed E-state index contributed by atoms with van der Waals surface area (Å²) in [4.78, 5) is 64.6. The van der Waals surface area contributed by atoms with E-state index in [4.69, 9.17) is 9.47 Å². The average Bonchev–Trinajstić information content (AvgIpc) is 3.03. The molecule has 0 bridgehead atoms. The number of hydrogen-bond acceptors (Lipinski definition) is 7. The van der Waals surface area contributed by atoms with E-state index in [0.717, 1.165) is 4.90 Å². The summed E-state index contributed by atoms with van der Waals surface area (Å²) in [6.07, 6.45) is -0.114. The van der Waals surface area contributed by atoms with E-state index in [1.807, 2.05) is 0 Å². The molecule has 3 amide bonds. The van der Waals surface area contributed by atoms with Gasteiger partial charge in [-0.2, -0.15) is 0 Å². The molecule has 31 heavy (non-hydrogen) atoms. The molecule has 2 aliphatic rings. The highest BCUT2D eigenvalue weighted by Crippen LogP contribution is 2.25. The molecule has 0 unspecified atom stereocenters. The zero-order chi connectivity index (χ0) is 22.7. The van der Waals surface area contributed by atoms with E-state index >= 15 is 0 Å². The van der Waals surface area contributed by atoms with Crippen LogP contribution in [0.25, 0.3) is 0 Å². The Balaban J connectivity index is 1.56. The number of imide groups is 1. The number of nitrogens with zero attached hydrogens (tertiary/aromatic N) is 2. The smallest absolute Gasteiger partial charge is 0.329 e. The minimum absolute atomic E-state index is 0.237. The number of fused-ring (bicyclic) bond motifs is 1. The van der Waals surface area contributed by atoms with E-state index < -0.39 is 29.9 Å². The third-order valence-electron chi connectivity index (χ3n) is 5.62. The Morgan fingerprint density at radius 1 is 1.03 bits per heavy atom. The van der Waals surface area contributed by atoms with Crippen LogP contribution in [-0.4, -0.2) is 71.3 Å². The van der Waals surface area contributed by atoms with Gasteiger partial charge in [-0.15, -0.1) is 0 Å². The highest BCUT2D eigenvalue weighted by atomic mass is 16.6. The van der Waals surface area contributed by atoms with Crippen LogP contribution in [0.5, 0.6) is 0 Å². The van der Waals surface area contributed by atoms with Crippen molar-refractivity contribution in [2.75, 3.05) is 19.7 Å². The number of hydrogen-bond donors (Lipinski definition) is 0. The van der Waals surface area contributed by atoms with Gasteiger partial charge in [0, 0.05) is 13.1 Å². The molecule has 3 rings (SSSR count). The summed E-state index contributed by atoms with van der Waals surface area (Å²) in [7, 11) is 0. The second-order valence-corrected chi connectivity index (χ2v) is 7.63. The first-order chi connectivity index (χ1) is 14.8. The van der Waals surface area contributed by atoms with Crippen LogP contribution in [0.4, 0.5) is 0 Å². The van der Waals surface area contributed by atoms with Gasteiger partial charge in [-0.25, -0.2) is 4.79 Å². The Bertz CT molecular complexity index is 870. The molecule has 2 atom stereocenters. The number of carbonyl (C=O) groups excluding carboxylic acids is 5. The summed E-state index contributed by atoms with van der Waals surface area (Å²) < 4.78 is 10.3. The molecule has 166 valence electrons. The molecule has 1 fully saturated rings. The SMILES string of the molecule is CCOC(=O)C1CCN(C(=O)[C@H](C)OC(=O)[C@H](C)N2C(=O)c3ccccc3C2=O)CC1. The lowest BCUT2D eigenvalue weighted by Gasteiger charge is -2.32. The summed E-state index contributed by atoms with van der Waals surface area (Å²) in [6, 6.07) is 5.17. The van der Waals surface area contributed by atoms with Crippen molar-refractivity contribution in [1.29, 1.82) is 0 Å². The topological polar surface area (TPSA) is 110 Å². The van der Waals surface area contributed by atoms with Crippen LogP contribution in [0, 0.1) is 5.92 Å². The first kappa shape index (κ1) is 22.5. The number of rotatable bonds is 6. The van der Waals surface area contributed by atoms with Gasteiger partial charge >= 0.3 is 11.9 Å². The number of ether oxygens (including phenoxy) is 2. The summed E-state index contributed by atoms with van der Waals surface area (Å²) in [5, 5.41) is 0. The molecular formula is C22H26N2O7. The molecule has 1 aromatic rings. The van der Waals surface area contributed by atoms with Crippen molar-refractivity contribution in [1.82, 2.24) is 9.80 Å². The number of carbonyl (C=O) groups is 5. The van der Waals surface area contributed by atoms with Crippen molar-refractivity contribution < 1.29 is 33.4 Å². The van der Waals surface area contributed by atoms with Gasteiger partial charge in [-0.3, -0.25) is 24.1 Å². The van der Waals surface area contributed by atoms with Gasteiger partial charge in [-0.05, 0) is 45.7 Å². The molecule has 9 nitrogen and oxygen atoms in total. The standard InChI is InChI=1S/C22H26N2O7/c1-4-30-22(29)15-9-11-23(12-10-15)18(25)14(3)31-21(28)13(2)24-19(26)16-7-5-6-8-17(16)20(24)27/h5-8,13-15H,4,9-12H2,1-3H3/t13-,14-/m0/s1. The largest absolute Gasteiger partial charge is 0.466 e. The maximum Gasteiger partial charge on any atom is 0.329 e. The van der Waals surface area contributed by atoms with Crippen molar-refractivity contribution in [3.8, 4) is 0 Å². The Kier molecular flexibility index (Phi) is 6.72. The minimum atomic E-state index is -1.17. The molecule has 1 aromatic carbocycles. The maximum absolute atomic E-state index is 12.7. The predicted octanol–water partition coefficient (Wildman–Crippen LogP) is 1.40. The van der Waals surface area contributed by atoms with E-state index in [1.165, 1.54) is 26.0 Å². The summed E-state index contributed by atoms with van der Waals surface area (Å²) in [5.74, 6) is -2.85. The van der Waals surface area contributed by atoms with E-state index in [-0.39, 0.29) is 28.9 Å². The van der Waals surface area contributed by atoms with Crippen molar-refractivity contribution >= 4 is 29.7 Å². The van der Waals surface area contributed by atoms with Crippen LogP contribution in [-0.2, 0) is 23.9 Å². The lowest BCUT2D eigenvalue weighted by Crippen LogP contribution is -2.48. The van der Waals surface area contributed by atoms with Crippen LogP contribution in [0.1, 0.15) is 54.3 Å². The quantitative estimate of drug-likeness (QED) is 0.496. The highest BCUT2D eigenvalue weighted by molar-refractivity contribution is 6.22. The molecule has 0 radical (unpaired) electrons. The molecular weight excluding hydrogens is 404 g/mol. The van der Waals surface area contributed by atoms with Crippen LogP contribution in [0.15, 0.2) is 24.3 Å². The lowest BCUT2D eigenvalue weighted by molar-refractivity contribution is -0.163. The van der Waals surface area contributed by atoms with Crippen molar-refractivity contribution in [3.05, 3.63) is 35.4 Å². The van der Waals surface area contributed by atoms with Crippen molar-refractivity contribution in [3.63, 3.8) is 0 Å². The summed E-state index contributed by atoms with van der Waals surface area (Å²) >= 11 is 0. The Morgan fingerprint density at radius 3 is 2.10 bits per heavy atom. The lowest BCUT2D eigenvalue weighted by atomic mass is 9.97. The molecule has 0 saturated carbocycles. The Hall–Kier alpha value is -3.23. The van der Waals surface area contributed by atoms with E-state index in [1.54, 1.807) is 24.0 Å². The fourth-order valence-corrected chi connectivity index (χ4v) is 3.84. The minimum Gasteiger partial charge on any atom is -0.466 e. The van der Waals surface area contributed by atoms with E-state index in [2.05, 4.69) is 0 Å². The summed E-state index contributed by atoms with van der Waals surface area (Å²) in [5.41, 5.74) is 0.474. The monoisotopic (exact) mass is 430 g/mol. The van der Waals surface area contributed by atoms with E-state index in [0.29, 0.717) is 32.5 Å². The van der Waals surface area contributed by atoms with Gasteiger partial charge in [0.1, 0.15) is 6.04 Å². The van der Waals surface area contributed by atoms with E-state index in [9.17, 15) is 24.0 Å². The normalized spacial score (nSPS) is 18.4. The first-order valence-corrected chi connectivity index (χ1v) is 10.4. The van der Waals surface area contributed by atoms with Crippen molar-refractivity contribution in [2.45, 2.75) is 45.8 Å². The fourth-order valence-electron chi connectivity index (χ4n) is 3.84. The Morgan fingerprint density at radius 2 is 1.58 bits per heavy atom. The Labute approximate surface area is 180 Å². The number of piperidine rings is 1. The van der Waals surface area contributed by atoms with Gasteiger partial charge in [0.05, 0.1) is 23.7 Å².